The summed E-state index contributed by atoms with van der Waals surface area (Å²) in [6.07, 6.45) is 5.81. The molecule has 3 aromatic carbocycles. The molecule has 2 heterocycles. The van der Waals surface area contributed by atoms with Crippen molar-refractivity contribution in [1.82, 2.24) is 0 Å². The number of hydrogen-bond acceptors (Lipinski definition) is 8. The van der Waals surface area contributed by atoms with Crippen LogP contribution in [0.2, 0.25) is 0 Å². The Morgan fingerprint density at radius 2 is 1.63 bits per heavy atom. The normalized spacial score (nSPS) is 18.8. The number of fused-ring (bicyclic) bond motifs is 2. The third-order valence-electron chi connectivity index (χ3n) is 8.17. The zero-order chi connectivity index (χ0) is 31.8. The van der Waals surface area contributed by atoms with Gasteiger partial charge in [0.25, 0.3) is 15.1 Å². The van der Waals surface area contributed by atoms with Gasteiger partial charge in [0.1, 0.15) is 10.5 Å². The number of hydrogen-bond donors (Lipinski definition) is 1. The van der Waals surface area contributed by atoms with Gasteiger partial charge in [-0.2, -0.15) is 13.0 Å². The number of thiazole rings is 1. The number of para-hydroxylation sites is 2. The van der Waals surface area contributed by atoms with E-state index in [0.29, 0.717) is 0 Å². The molecule has 2 aliphatic rings. The Balaban J connectivity index is 0.00000417. The van der Waals surface area contributed by atoms with Crippen molar-refractivity contribution < 1.29 is 60.1 Å². The van der Waals surface area contributed by atoms with Crippen LogP contribution >= 0.6 is 23.1 Å². The molecular weight excluding hydrogens is 672 g/mol. The van der Waals surface area contributed by atoms with Crippen LogP contribution in [0.1, 0.15) is 36.3 Å². The Bertz CT molecular complexity index is 2070. The van der Waals surface area contributed by atoms with Crippen LogP contribution in [0.15, 0.2) is 112 Å². The first-order valence-corrected chi connectivity index (χ1v) is 19.3. The second-order valence-electron chi connectivity index (χ2n) is 11.1. The summed E-state index contributed by atoms with van der Waals surface area (Å²) in [6, 6.07) is 25.9. The molecule has 0 amide bonds. The maximum atomic E-state index is 11.7. The van der Waals surface area contributed by atoms with Crippen LogP contribution in [0.25, 0.3) is 16.3 Å². The predicted octanol–water partition coefficient (Wildman–Crippen LogP) is 3.36. The first-order chi connectivity index (χ1) is 21.4. The Hall–Kier alpha value is -2.26. The fourth-order valence-electron chi connectivity index (χ4n) is 5.90. The van der Waals surface area contributed by atoms with Gasteiger partial charge in [0.05, 0.1) is 26.6 Å². The van der Waals surface area contributed by atoms with Gasteiger partial charge >= 0.3 is 29.6 Å². The fraction of sp³-hybridized carbons (Fsp3) is 0.242. The van der Waals surface area contributed by atoms with Crippen LogP contribution < -0.4 is 39.0 Å². The summed E-state index contributed by atoms with van der Waals surface area (Å²) >= 11 is 3.14. The van der Waals surface area contributed by atoms with Crippen molar-refractivity contribution in [2.75, 3.05) is 23.0 Å². The number of aromatic nitrogens is 1. The van der Waals surface area contributed by atoms with Gasteiger partial charge in [0.2, 0.25) is 5.52 Å². The zero-order valence-corrected chi connectivity index (χ0v) is 30.8. The molecule has 1 atom stereocenters. The molecule has 1 aromatic heterocycles. The van der Waals surface area contributed by atoms with Gasteiger partial charge in [-0.25, -0.2) is 8.42 Å². The average molecular weight is 704 g/mol. The van der Waals surface area contributed by atoms with Crippen LogP contribution in [0.3, 0.4) is 0 Å². The number of aryl methyl sites for hydroxylation is 1. The van der Waals surface area contributed by atoms with Crippen LogP contribution in [0.5, 0.6) is 0 Å². The molecule has 234 valence electrons. The van der Waals surface area contributed by atoms with Gasteiger partial charge in [-0.3, -0.25) is 4.55 Å². The summed E-state index contributed by atoms with van der Waals surface area (Å²) in [4.78, 5) is 2.92. The molecule has 0 bridgehead atoms. The maximum Gasteiger partial charge on any atom is 1.00 e. The number of rotatable bonds is 9. The summed E-state index contributed by atoms with van der Waals surface area (Å²) < 4.78 is 70.6. The van der Waals surface area contributed by atoms with E-state index in [0.717, 1.165) is 60.4 Å². The van der Waals surface area contributed by atoms with Crippen LogP contribution in [-0.2, 0) is 26.8 Å². The number of anilines is 1. The molecule has 0 radical (unpaired) electrons. The predicted molar refractivity (Wildman–Crippen MR) is 180 cm³/mol. The molecule has 1 aliphatic heterocycles. The smallest absolute Gasteiger partial charge is 0.748 e. The minimum Gasteiger partial charge on any atom is -0.748 e. The average Bonchev–Trinajstić information content (AvgIpc) is 3.53. The van der Waals surface area contributed by atoms with Gasteiger partial charge in [-0.15, -0.1) is 0 Å². The molecule has 0 saturated carbocycles. The van der Waals surface area contributed by atoms with E-state index in [1.807, 2.05) is 76.2 Å². The number of thioether (sulfide) groups is 1. The van der Waals surface area contributed by atoms with Gasteiger partial charge in [0.15, 0.2) is 6.54 Å². The van der Waals surface area contributed by atoms with Crippen LogP contribution in [0.4, 0.5) is 5.69 Å². The topological polar surface area (TPSA) is 119 Å². The first kappa shape index (κ1) is 35.1. The van der Waals surface area contributed by atoms with Gasteiger partial charge in [-0.1, -0.05) is 77.7 Å². The molecule has 13 heteroatoms. The van der Waals surface area contributed by atoms with E-state index in [2.05, 4.69) is 31.2 Å². The second kappa shape index (κ2) is 14.5. The van der Waals surface area contributed by atoms with Crippen molar-refractivity contribution in [2.45, 2.75) is 37.1 Å². The van der Waals surface area contributed by atoms with Gasteiger partial charge in [-0.05, 0) is 72.2 Å². The van der Waals surface area contributed by atoms with Crippen molar-refractivity contribution >= 4 is 65.3 Å². The summed E-state index contributed by atoms with van der Waals surface area (Å²) in [7, 11) is -8.56. The molecule has 8 nitrogen and oxygen atoms in total. The van der Waals surface area contributed by atoms with Gasteiger partial charge < -0.3 is 9.45 Å². The minimum absolute atomic E-state index is 0. The molecule has 6 rings (SSSR count). The number of nitrogens with zero attached hydrogens (tertiary/aromatic N) is 2. The fourth-order valence-corrected chi connectivity index (χ4v) is 9.03. The van der Waals surface area contributed by atoms with Crippen molar-refractivity contribution in [2.24, 2.45) is 0 Å². The number of allylic oxidation sites excluding steroid dienone is 4. The summed E-state index contributed by atoms with van der Waals surface area (Å²) in [6.45, 7) is 2.28. The number of benzene rings is 3. The molecule has 1 aliphatic carbocycles. The van der Waals surface area contributed by atoms with Crippen LogP contribution in [0, 0.1) is 0 Å². The third-order valence-corrected chi connectivity index (χ3v) is 11.8. The SMILES string of the molecule is CC1=C(C=C2Sc3ccccc3N2CCS(=O)(=O)[O-])CC(c2ccccc2)CC1=Cc1sc2ccccc2[n+]1CCS(=O)(=O)O.[Na+]. The van der Waals surface area contributed by atoms with Crippen molar-refractivity contribution in [1.29, 1.82) is 0 Å². The molecule has 0 spiro atoms. The largest absolute Gasteiger partial charge is 1.00 e. The molecule has 1 unspecified atom stereocenters. The Kier molecular flexibility index (Phi) is 11.0. The van der Waals surface area contributed by atoms with Crippen molar-refractivity contribution in [3.8, 4) is 0 Å². The van der Waals surface area contributed by atoms with Crippen LogP contribution in [-0.4, -0.2) is 44.0 Å². The minimum atomic E-state index is -4.40. The molecule has 4 aromatic rings. The van der Waals surface area contributed by atoms with E-state index in [4.69, 9.17) is 0 Å². The van der Waals surface area contributed by atoms with Crippen molar-refractivity contribution in [3.63, 3.8) is 0 Å². The Morgan fingerprint density at radius 1 is 0.935 bits per heavy atom. The quantitative estimate of drug-likeness (QED) is 0.160. The summed E-state index contributed by atoms with van der Waals surface area (Å²) in [5, 5.41) is 1.76. The van der Waals surface area contributed by atoms with E-state index >= 15 is 0 Å². The molecule has 1 N–H and O–H groups in total. The van der Waals surface area contributed by atoms with Gasteiger partial charge in [0, 0.05) is 23.6 Å². The Labute approximate surface area is 300 Å². The summed E-state index contributed by atoms with van der Waals surface area (Å²) in [5.74, 6) is -0.706. The van der Waals surface area contributed by atoms with Crippen molar-refractivity contribution in [3.05, 3.63) is 117 Å². The molecule has 46 heavy (non-hydrogen) atoms. The standard InChI is InChI=1S/C33H32N2O6S4.Na/c1-23-25(21-32-34(15-17-44(36,37)38)28-11-5-7-13-30(28)42-32)19-27(24-9-3-2-4-10-24)20-26(23)22-33-35(16-18-45(39,40)41)29-12-6-8-14-31(29)43-33;/h2-14,21-22,27H,15-20H2,1H3,(H-,36,37,38,39,40,41);/q;+1. The molecule has 0 fully saturated rings. The summed E-state index contributed by atoms with van der Waals surface area (Å²) in [5.41, 5.74) is 6.31. The second-order valence-corrected chi connectivity index (χ2v) is 16.4. The maximum absolute atomic E-state index is 11.7. The molecule has 0 saturated heterocycles. The Morgan fingerprint density at radius 3 is 2.37 bits per heavy atom. The third kappa shape index (κ3) is 8.23. The molecular formula is C33H32N2NaO6S4+. The van der Waals surface area contributed by atoms with E-state index in [1.165, 1.54) is 5.56 Å². The monoisotopic (exact) mass is 703 g/mol. The zero-order valence-electron chi connectivity index (χ0n) is 25.5. The van der Waals surface area contributed by atoms with E-state index in [-0.39, 0.29) is 54.3 Å². The van der Waals surface area contributed by atoms with E-state index < -0.39 is 26.0 Å². The first-order valence-electron chi connectivity index (χ1n) is 14.5. The van der Waals surface area contributed by atoms with E-state index in [1.54, 1.807) is 23.1 Å². The van der Waals surface area contributed by atoms with E-state index in [9.17, 15) is 25.9 Å².